The van der Waals surface area contributed by atoms with E-state index in [-0.39, 0.29) is 0 Å². The van der Waals surface area contributed by atoms with Gasteiger partial charge < -0.3 is 10.6 Å². The third-order valence-corrected chi connectivity index (χ3v) is 4.92. The van der Waals surface area contributed by atoms with Crippen molar-refractivity contribution in [2.75, 3.05) is 0 Å². The summed E-state index contributed by atoms with van der Waals surface area (Å²) in [6.45, 7) is 0. The molecule has 2 aromatic carbocycles. The minimum atomic E-state index is -1.96. The Morgan fingerprint density at radius 3 is 1.21 bits per heavy atom. The summed E-state index contributed by atoms with van der Waals surface area (Å²) in [5.41, 5.74) is 0.674. The van der Waals surface area contributed by atoms with Crippen LogP contribution in [0, 0.1) is 11.6 Å². The minimum absolute atomic E-state index is 0.337. The van der Waals surface area contributed by atoms with Crippen LogP contribution in [0.5, 0.6) is 0 Å². The van der Waals surface area contributed by atoms with Crippen LogP contribution >= 0.6 is 69.6 Å². The summed E-state index contributed by atoms with van der Waals surface area (Å²) in [6, 6.07) is 6.93. The molecular formula is C17H12Cl6F2N2O. The molecule has 152 valence electrons. The van der Waals surface area contributed by atoms with E-state index in [0.717, 1.165) is 24.3 Å². The van der Waals surface area contributed by atoms with Crippen LogP contribution in [0.15, 0.2) is 48.5 Å². The molecule has 2 aromatic rings. The summed E-state index contributed by atoms with van der Waals surface area (Å²) in [7, 11) is 0. The number of halogens is 8. The van der Waals surface area contributed by atoms with Gasteiger partial charge in [-0.15, -0.1) is 0 Å². The molecule has 0 fully saturated rings. The molecule has 3 nitrogen and oxygen atoms in total. The smallest absolute Gasteiger partial charge is 0.316 e. The Labute approximate surface area is 190 Å². The van der Waals surface area contributed by atoms with Gasteiger partial charge >= 0.3 is 6.03 Å². The summed E-state index contributed by atoms with van der Waals surface area (Å²) in [4.78, 5) is 12.5. The van der Waals surface area contributed by atoms with E-state index < -0.39 is 37.3 Å². The molecule has 0 unspecified atom stereocenters. The number of carbonyl (C=O) groups is 1. The Morgan fingerprint density at radius 2 is 0.964 bits per heavy atom. The quantitative estimate of drug-likeness (QED) is 0.437. The zero-order valence-electron chi connectivity index (χ0n) is 13.7. The Morgan fingerprint density at radius 1 is 0.679 bits per heavy atom. The molecule has 11 heteroatoms. The summed E-state index contributed by atoms with van der Waals surface area (Å²) < 4.78 is 22.4. The van der Waals surface area contributed by atoms with E-state index in [9.17, 15) is 13.6 Å². The van der Waals surface area contributed by atoms with Gasteiger partial charge in [0.05, 0.1) is 0 Å². The normalized spacial score (nSPS) is 14.3. The predicted molar refractivity (Wildman–Crippen MR) is 111 cm³/mol. The first-order chi connectivity index (χ1) is 12.9. The maximum absolute atomic E-state index is 13.2. The van der Waals surface area contributed by atoms with Gasteiger partial charge in [0, 0.05) is 0 Å². The molecule has 2 N–H and O–H groups in total. The first-order valence-corrected chi connectivity index (χ1v) is 9.86. The zero-order chi connectivity index (χ0) is 21.1. The lowest BCUT2D eigenvalue weighted by atomic mass is 10.1. The summed E-state index contributed by atoms with van der Waals surface area (Å²) in [5, 5.41) is 4.92. The van der Waals surface area contributed by atoms with Gasteiger partial charge in [-0.3, -0.25) is 0 Å². The van der Waals surface area contributed by atoms with Gasteiger partial charge in [0.15, 0.2) is 0 Å². The largest absolute Gasteiger partial charge is 0.327 e. The van der Waals surface area contributed by atoms with Gasteiger partial charge in [-0.2, -0.15) is 0 Å². The van der Waals surface area contributed by atoms with Crippen LogP contribution in [-0.4, -0.2) is 13.6 Å². The molecule has 0 saturated carbocycles. The first kappa shape index (κ1) is 23.6. The maximum Gasteiger partial charge on any atom is 0.316 e. The van der Waals surface area contributed by atoms with E-state index in [4.69, 9.17) is 69.6 Å². The molecule has 0 aliphatic carbocycles. The third kappa shape index (κ3) is 6.68. The highest BCUT2D eigenvalue weighted by molar-refractivity contribution is 6.68. The molecule has 28 heavy (non-hydrogen) atoms. The monoisotopic (exact) mass is 508 g/mol. The first-order valence-electron chi connectivity index (χ1n) is 7.59. The number of hydrogen-bond acceptors (Lipinski definition) is 1. The molecule has 2 rings (SSSR count). The zero-order valence-corrected chi connectivity index (χ0v) is 18.2. The second-order valence-corrected chi connectivity index (χ2v) is 10.4. The summed E-state index contributed by atoms with van der Waals surface area (Å²) in [6.07, 6.45) is 0. The van der Waals surface area contributed by atoms with E-state index in [2.05, 4.69) is 10.6 Å². The van der Waals surface area contributed by atoms with Crippen LogP contribution < -0.4 is 10.6 Å². The molecule has 0 saturated heterocycles. The van der Waals surface area contributed by atoms with Crippen molar-refractivity contribution < 1.29 is 13.6 Å². The Hall–Kier alpha value is -0.690. The number of benzene rings is 2. The van der Waals surface area contributed by atoms with Crippen molar-refractivity contribution in [3.8, 4) is 0 Å². The van der Waals surface area contributed by atoms with Crippen molar-refractivity contribution in [2.24, 2.45) is 0 Å². The van der Waals surface area contributed by atoms with Gasteiger partial charge in [-0.05, 0) is 35.4 Å². The number of carbonyl (C=O) groups excluding carboxylic acids is 1. The Kier molecular flexibility index (Phi) is 7.93. The van der Waals surface area contributed by atoms with Crippen LogP contribution in [0.25, 0.3) is 0 Å². The fourth-order valence-electron chi connectivity index (χ4n) is 2.32. The maximum atomic E-state index is 13.2. The van der Waals surface area contributed by atoms with E-state index in [1.807, 2.05) is 0 Å². The van der Waals surface area contributed by atoms with Crippen LogP contribution in [0.4, 0.5) is 13.6 Å². The lowest BCUT2D eigenvalue weighted by molar-refractivity contribution is 0.233. The van der Waals surface area contributed by atoms with Gasteiger partial charge in [0.25, 0.3) is 0 Å². The molecule has 0 aromatic heterocycles. The fourth-order valence-corrected chi connectivity index (χ4v) is 3.41. The third-order valence-electron chi connectivity index (χ3n) is 3.61. The van der Waals surface area contributed by atoms with Crippen molar-refractivity contribution in [3.05, 3.63) is 71.3 Å². The van der Waals surface area contributed by atoms with Crippen molar-refractivity contribution >= 4 is 75.6 Å². The van der Waals surface area contributed by atoms with Crippen molar-refractivity contribution in [2.45, 2.75) is 19.7 Å². The topological polar surface area (TPSA) is 41.1 Å². The minimum Gasteiger partial charge on any atom is -0.327 e. The molecule has 0 spiro atoms. The molecule has 0 aliphatic heterocycles. The van der Waals surface area contributed by atoms with E-state index in [1.165, 1.54) is 24.3 Å². The number of rotatable bonds is 4. The van der Waals surface area contributed by atoms with E-state index in [0.29, 0.717) is 11.1 Å². The summed E-state index contributed by atoms with van der Waals surface area (Å²) >= 11 is 35.7. The van der Waals surface area contributed by atoms with Gasteiger partial charge in [-0.1, -0.05) is 93.9 Å². The molecule has 0 bridgehead atoms. The summed E-state index contributed by atoms with van der Waals surface area (Å²) in [5.74, 6) is -0.993. The lowest BCUT2D eigenvalue weighted by Gasteiger charge is -2.30. The molecule has 2 amide bonds. The number of urea groups is 1. The molecule has 0 radical (unpaired) electrons. The van der Waals surface area contributed by atoms with Crippen LogP contribution in [0.1, 0.15) is 23.2 Å². The molecule has 0 aliphatic rings. The highest BCUT2D eigenvalue weighted by Gasteiger charge is 2.38. The number of hydrogen-bond donors (Lipinski definition) is 2. The van der Waals surface area contributed by atoms with E-state index in [1.54, 1.807) is 0 Å². The molecule has 2 atom stereocenters. The number of nitrogens with one attached hydrogen (secondary N) is 2. The highest BCUT2D eigenvalue weighted by atomic mass is 35.6. The average Bonchev–Trinajstić information content (AvgIpc) is 2.58. The number of amides is 2. The van der Waals surface area contributed by atoms with Gasteiger partial charge in [0.1, 0.15) is 23.7 Å². The van der Waals surface area contributed by atoms with Crippen molar-refractivity contribution in [1.82, 2.24) is 10.6 Å². The van der Waals surface area contributed by atoms with Crippen LogP contribution in [-0.2, 0) is 0 Å². The van der Waals surface area contributed by atoms with Gasteiger partial charge in [0.2, 0.25) is 7.59 Å². The molecular weight excluding hydrogens is 499 g/mol. The molecule has 0 heterocycles. The Balaban J connectivity index is 2.23. The van der Waals surface area contributed by atoms with E-state index >= 15 is 0 Å². The highest BCUT2D eigenvalue weighted by Crippen LogP contribution is 2.41. The Bertz CT molecular complexity index is 739. The van der Waals surface area contributed by atoms with Gasteiger partial charge in [-0.25, -0.2) is 13.6 Å². The lowest BCUT2D eigenvalue weighted by Crippen LogP contribution is -2.46. The predicted octanol–water partition coefficient (Wildman–Crippen LogP) is 6.79. The second kappa shape index (κ2) is 9.41. The van der Waals surface area contributed by atoms with Crippen molar-refractivity contribution in [1.29, 1.82) is 0 Å². The SMILES string of the molecule is O=C(N[C@@H](c1ccc(F)cc1)C(Cl)(Cl)Cl)N[C@@H](c1ccc(F)cc1)C(Cl)(Cl)Cl. The van der Waals surface area contributed by atoms with Crippen LogP contribution in [0.3, 0.4) is 0 Å². The second-order valence-electron chi connectivity index (χ2n) is 5.67. The standard InChI is InChI=1S/C17H12Cl6F2N2O/c18-16(19,20)13(9-1-5-11(24)6-2-9)26-15(28)27-14(17(21,22)23)10-3-7-12(25)8-4-10/h1-8,13-14H,(H2,26,27,28)/t13-,14-/m0/s1. The van der Waals surface area contributed by atoms with Crippen LogP contribution in [0.2, 0.25) is 0 Å². The number of alkyl halides is 6. The van der Waals surface area contributed by atoms with Crippen molar-refractivity contribution in [3.63, 3.8) is 0 Å². The average molecular weight is 511 g/mol. The fraction of sp³-hybridized carbons (Fsp3) is 0.235.